The third-order valence-corrected chi connectivity index (χ3v) is 9.04. The Bertz CT molecular complexity index is 1160. The Balaban J connectivity index is 3.19. The van der Waals surface area contributed by atoms with Crippen LogP contribution < -0.4 is 0 Å². The van der Waals surface area contributed by atoms with Crippen LogP contribution in [-0.4, -0.2) is 26.4 Å². The van der Waals surface area contributed by atoms with E-state index in [1.54, 1.807) is 41.5 Å². The van der Waals surface area contributed by atoms with Crippen LogP contribution in [0.2, 0.25) is 0 Å². The molecule has 0 unspecified atom stereocenters. The van der Waals surface area contributed by atoms with Crippen LogP contribution in [0.15, 0.2) is 88.3 Å². The zero-order valence-corrected chi connectivity index (χ0v) is 23.7. The van der Waals surface area contributed by atoms with E-state index in [9.17, 15) is 9.13 Å². The van der Waals surface area contributed by atoms with E-state index >= 15 is 0 Å². The highest BCUT2D eigenvalue weighted by Crippen LogP contribution is 2.68. The van der Waals surface area contributed by atoms with Crippen molar-refractivity contribution >= 4 is 20.8 Å². The topological polar surface area (TPSA) is 71.1 Å². The van der Waals surface area contributed by atoms with Crippen molar-refractivity contribution in [1.29, 1.82) is 0 Å². The lowest BCUT2D eigenvalue weighted by Gasteiger charge is -2.24. The second-order valence-electron chi connectivity index (χ2n) is 7.72. The summed E-state index contributed by atoms with van der Waals surface area (Å²) in [7, 11) is -8.02. The van der Waals surface area contributed by atoms with Crippen LogP contribution in [0.5, 0.6) is 0 Å². The highest BCUT2D eigenvalue weighted by atomic mass is 31.2. The first kappa shape index (κ1) is 30.0. The van der Waals surface area contributed by atoms with Crippen LogP contribution in [0.25, 0.3) is 5.57 Å². The van der Waals surface area contributed by atoms with Gasteiger partial charge in [-0.3, -0.25) is 9.13 Å². The first-order valence-electron chi connectivity index (χ1n) is 12.1. The summed E-state index contributed by atoms with van der Waals surface area (Å²) in [5, 5.41) is -0.0406. The van der Waals surface area contributed by atoms with E-state index in [0.717, 1.165) is 11.1 Å². The molecule has 2 rings (SSSR count). The molecule has 0 aliphatic rings. The summed E-state index contributed by atoms with van der Waals surface area (Å²) in [6, 6.07) is 19.1. The third kappa shape index (κ3) is 7.89. The maximum atomic E-state index is 14.3. The van der Waals surface area contributed by atoms with Crippen LogP contribution in [0.4, 0.5) is 0 Å². The average molecular weight is 531 g/mol. The van der Waals surface area contributed by atoms with Gasteiger partial charge in [0.25, 0.3) is 0 Å². The molecule has 0 heterocycles. The highest BCUT2D eigenvalue weighted by Gasteiger charge is 2.43. The van der Waals surface area contributed by atoms with Crippen LogP contribution in [0.1, 0.15) is 52.7 Å². The minimum Gasteiger partial charge on any atom is -0.305 e. The molecule has 2 aromatic carbocycles. The first-order valence-corrected chi connectivity index (χ1v) is 15.2. The molecule has 0 aliphatic carbocycles. The van der Waals surface area contributed by atoms with Gasteiger partial charge in [0.15, 0.2) is 0 Å². The summed E-state index contributed by atoms with van der Waals surface area (Å²) in [6.45, 7) is 10.9. The zero-order valence-electron chi connectivity index (χ0n) is 21.9. The Labute approximate surface area is 215 Å². The van der Waals surface area contributed by atoms with E-state index in [1.807, 2.05) is 60.7 Å². The van der Waals surface area contributed by atoms with Gasteiger partial charge in [0.05, 0.1) is 26.4 Å². The molecule has 0 fully saturated rings. The molecule has 0 aliphatic heterocycles. The Morgan fingerprint density at radius 2 is 0.944 bits per heavy atom. The van der Waals surface area contributed by atoms with E-state index in [1.165, 1.54) is 0 Å². The monoisotopic (exact) mass is 530 g/mol. The first-order chi connectivity index (χ1) is 17.2. The molecule has 0 spiro atoms. The summed E-state index contributed by atoms with van der Waals surface area (Å²) in [5.41, 5.74) is 9.34. The second kappa shape index (κ2) is 14.5. The predicted octanol–water partition coefficient (Wildman–Crippen LogP) is 8.58. The summed E-state index contributed by atoms with van der Waals surface area (Å²) in [4.78, 5) is 0. The van der Waals surface area contributed by atoms with Crippen molar-refractivity contribution in [2.75, 3.05) is 26.4 Å². The van der Waals surface area contributed by atoms with Crippen molar-refractivity contribution in [3.8, 4) is 0 Å². The van der Waals surface area contributed by atoms with Gasteiger partial charge >= 0.3 is 15.2 Å². The van der Waals surface area contributed by atoms with E-state index in [2.05, 4.69) is 11.5 Å². The van der Waals surface area contributed by atoms with Crippen molar-refractivity contribution in [1.82, 2.24) is 0 Å². The van der Waals surface area contributed by atoms with Gasteiger partial charge in [0.1, 0.15) is 10.6 Å². The number of hydrogen-bond acceptors (Lipinski definition) is 6. The number of allylic oxidation sites excluding steroid dienone is 2. The number of rotatable bonds is 13. The number of hydrogen-bond donors (Lipinski definition) is 0. The fraction of sp³-hybridized carbons (Fsp3) is 0.357. The molecule has 2 aromatic rings. The quantitative estimate of drug-likeness (QED) is 0.147. The molecule has 0 saturated heterocycles. The molecule has 8 heteroatoms. The molecule has 36 heavy (non-hydrogen) atoms. The molecular weight excluding hydrogens is 494 g/mol. The molecule has 0 amide bonds. The van der Waals surface area contributed by atoms with Gasteiger partial charge < -0.3 is 18.1 Å². The van der Waals surface area contributed by atoms with Gasteiger partial charge in [-0.1, -0.05) is 66.4 Å². The van der Waals surface area contributed by atoms with Gasteiger partial charge in [-0.15, -0.1) is 5.73 Å². The standard InChI is InChI=1S/C28H36O6P2/c1-7-31-35(29,32-8-2)27(21-23(5)6)28(36(30,33-9-3)34-10-4)22-26(24-17-13-11-14-18-24)25-19-15-12-16-20-25/h11-20H,7-10H2,1-6H3. The molecule has 0 radical (unpaired) electrons. The molecule has 0 atom stereocenters. The van der Waals surface area contributed by atoms with Crippen LogP contribution in [0, 0.1) is 0 Å². The summed E-state index contributed by atoms with van der Waals surface area (Å²) < 4.78 is 51.3. The minimum absolute atomic E-state index is 0.0132. The maximum absolute atomic E-state index is 14.3. The fourth-order valence-electron chi connectivity index (χ4n) is 3.40. The van der Waals surface area contributed by atoms with Gasteiger partial charge in [0.2, 0.25) is 0 Å². The lowest BCUT2D eigenvalue weighted by Crippen LogP contribution is -2.05. The van der Waals surface area contributed by atoms with E-state index in [-0.39, 0.29) is 37.1 Å². The molecule has 0 bridgehead atoms. The lowest BCUT2D eigenvalue weighted by atomic mass is 9.99. The second-order valence-corrected chi connectivity index (χ2v) is 11.6. The zero-order chi connectivity index (χ0) is 26.6. The van der Waals surface area contributed by atoms with Crippen LogP contribution >= 0.6 is 15.2 Å². The third-order valence-electron chi connectivity index (χ3n) is 4.70. The van der Waals surface area contributed by atoms with E-state index in [0.29, 0.717) is 11.1 Å². The Hall–Kier alpha value is -2.22. The fourth-order valence-corrected chi connectivity index (χ4v) is 7.40. The van der Waals surface area contributed by atoms with Crippen molar-refractivity contribution in [2.24, 2.45) is 0 Å². The Morgan fingerprint density at radius 1 is 0.611 bits per heavy atom. The Morgan fingerprint density at radius 3 is 1.25 bits per heavy atom. The Kier molecular flexibility index (Phi) is 12.1. The van der Waals surface area contributed by atoms with Crippen molar-refractivity contribution in [3.63, 3.8) is 0 Å². The highest BCUT2D eigenvalue weighted by molar-refractivity contribution is 7.64. The predicted molar refractivity (Wildman–Crippen MR) is 146 cm³/mol. The molecule has 0 saturated carbocycles. The van der Waals surface area contributed by atoms with Crippen LogP contribution in [0.3, 0.4) is 0 Å². The lowest BCUT2D eigenvalue weighted by molar-refractivity contribution is 0.220. The van der Waals surface area contributed by atoms with Crippen molar-refractivity contribution in [3.05, 3.63) is 99.5 Å². The smallest absolute Gasteiger partial charge is 0.305 e. The minimum atomic E-state index is -4.04. The normalized spacial score (nSPS) is 11.4. The molecule has 194 valence electrons. The van der Waals surface area contributed by atoms with Gasteiger partial charge in [-0.2, -0.15) is 0 Å². The van der Waals surface area contributed by atoms with Crippen LogP contribution in [-0.2, 0) is 27.2 Å². The maximum Gasteiger partial charge on any atom is 0.370 e. The average Bonchev–Trinajstić information content (AvgIpc) is 2.85. The summed E-state index contributed by atoms with van der Waals surface area (Å²) in [6.07, 6.45) is 0. The SMILES string of the molecule is CCOP(=O)(OCC)C(=C=C(C)C)C(=C=C(c1ccccc1)c1ccccc1)P(=O)(OCC)OCC. The molecule has 6 nitrogen and oxygen atoms in total. The van der Waals surface area contributed by atoms with E-state index in [4.69, 9.17) is 18.1 Å². The van der Waals surface area contributed by atoms with E-state index < -0.39 is 15.2 Å². The largest absolute Gasteiger partial charge is 0.370 e. The molecule has 0 aromatic heterocycles. The van der Waals surface area contributed by atoms with Gasteiger partial charge in [-0.25, -0.2) is 0 Å². The molecular formula is C28H36O6P2. The van der Waals surface area contributed by atoms with Gasteiger partial charge in [-0.05, 0) is 58.2 Å². The van der Waals surface area contributed by atoms with Crippen molar-refractivity contribution < 1.29 is 27.2 Å². The molecule has 0 N–H and O–H groups in total. The van der Waals surface area contributed by atoms with Gasteiger partial charge in [0, 0.05) is 5.57 Å². The number of benzene rings is 2. The summed E-state index contributed by atoms with van der Waals surface area (Å²) in [5.74, 6) is 0. The summed E-state index contributed by atoms with van der Waals surface area (Å²) >= 11 is 0. The van der Waals surface area contributed by atoms with Crippen molar-refractivity contribution in [2.45, 2.75) is 41.5 Å².